The second kappa shape index (κ2) is 7.21. The zero-order valence-corrected chi connectivity index (χ0v) is 14.5. The zero-order chi connectivity index (χ0) is 17.2. The molecule has 1 aromatic carbocycles. The van der Waals surface area contributed by atoms with Crippen LogP contribution in [0.25, 0.3) is 0 Å². The van der Waals surface area contributed by atoms with Crippen LogP contribution in [0.15, 0.2) is 29.2 Å². The molecule has 0 bridgehead atoms. The lowest BCUT2D eigenvalue weighted by atomic mass is 10.1. The first-order valence-corrected chi connectivity index (χ1v) is 10.1. The van der Waals surface area contributed by atoms with Gasteiger partial charge in [-0.05, 0) is 55.7 Å². The van der Waals surface area contributed by atoms with Gasteiger partial charge in [-0.15, -0.1) is 0 Å². The van der Waals surface area contributed by atoms with Crippen molar-refractivity contribution in [3.05, 3.63) is 29.8 Å². The van der Waals surface area contributed by atoms with Crippen molar-refractivity contribution >= 4 is 15.9 Å². The monoisotopic (exact) mass is 351 g/mol. The fourth-order valence-corrected chi connectivity index (χ4v) is 4.03. The van der Waals surface area contributed by atoms with Gasteiger partial charge in [0.1, 0.15) is 0 Å². The Labute approximate surface area is 143 Å². The van der Waals surface area contributed by atoms with Crippen LogP contribution in [0.5, 0.6) is 0 Å². The largest absolute Gasteiger partial charge is 0.352 e. The molecule has 3 rings (SSSR count). The van der Waals surface area contributed by atoms with Crippen LogP contribution in [0.3, 0.4) is 0 Å². The number of aryl methyl sites for hydroxylation is 1. The van der Waals surface area contributed by atoms with Gasteiger partial charge in [0.2, 0.25) is 15.9 Å². The van der Waals surface area contributed by atoms with E-state index in [1.807, 2.05) is 0 Å². The van der Waals surface area contributed by atoms with E-state index in [-0.39, 0.29) is 22.9 Å². The van der Waals surface area contributed by atoms with Gasteiger partial charge in [-0.25, -0.2) is 13.1 Å². The van der Waals surface area contributed by atoms with Crippen LogP contribution < -0.4 is 15.8 Å². The summed E-state index contributed by atoms with van der Waals surface area (Å²) in [5.41, 5.74) is 6.64. The third-order valence-corrected chi connectivity index (χ3v) is 6.10. The minimum atomic E-state index is -3.41. The number of benzene rings is 1. The molecule has 0 heterocycles. The predicted octanol–water partition coefficient (Wildman–Crippen LogP) is 0.913. The molecule has 7 heteroatoms. The molecule has 1 unspecified atom stereocenters. The van der Waals surface area contributed by atoms with E-state index in [2.05, 4.69) is 10.0 Å². The van der Waals surface area contributed by atoms with Gasteiger partial charge < -0.3 is 11.1 Å². The van der Waals surface area contributed by atoms with Crippen LogP contribution in [0.4, 0.5) is 0 Å². The van der Waals surface area contributed by atoms with Gasteiger partial charge in [0.25, 0.3) is 0 Å². The zero-order valence-electron chi connectivity index (χ0n) is 13.7. The molecule has 1 amide bonds. The van der Waals surface area contributed by atoms with Crippen LogP contribution >= 0.6 is 0 Å². The van der Waals surface area contributed by atoms with E-state index in [9.17, 15) is 13.2 Å². The molecule has 1 aromatic rings. The van der Waals surface area contributed by atoms with Crippen molar-refractivity contribution in [2.45, 2.75) is 55.5 Å². The average molecular weight is 351 g/mol. The molecule has 2 aliphatic carbocycles. The molecule has 0 radical (unpaired) electrons. The molecule has 24 heavy (non-hydrogen) atoms. The smallest absolute Gasteiger partial charge is 0.240 e. The molecule has 4 N–H and O–H groups in total. The van der Waals surface area contributed by atoms with Crippen LogP contribution in [0, 0.1) is 5.92 Å². The molecule has 0 aliphatic heterocycles. The standard InChI is InChI=1S/C17H25N3O3S/c18-11-16(13-4-5-13)19-17(21)10-3-12-1-8-15(9-2-12)24(22,23)20-14-6-7-14/h1-2,8-9,13-14,16,20H,3-7,10-11,18H2,(H,19,21). The van der Waals surface area contributed by atoms with E-state index >= 15 is 0 Å². The number of amides is 1. The summed E-state index contributed by atoms with van der Waals surface area (Å²) >= 11 is 0. The Morgan fingerprint density at radius 3 is 2.38 bits per heavy atom. The lowest BCUT2D eigenvalue weighted by molar-refractivity contribution is -0.121. The van der Waals surface area contributed by atoms with E-state index in [0.29, 0.717) is 25.3 Å². The Balaban J connectivity index is 1.49. The van der Waals surface area contributed by atoms with Crippen molar-refractivity contribution < 1.29 is 13.2 Å². The fourth-order valence-electron chi connectivity index (χ4n) is 2.73. The average Bonchev–Trinajstić information content (AvgIpc) is 3.45. The predicted molar refractivity (Wildman–Crippen MR) is 91.8 cm³/mol. The van der Waals surface area contributed by atoms with Crippen molar-refractivity contribution in [3.63, 3.8) is 0 Å². The normalized spacial score (nSPS) is 19.0. The number of hydrogen-bond acceptors (Lipinski definition) is 4. The first kappa shape index (κ1) is 17.4. The summed E-state index contributed by atoms with van der Waals surface area (Å²) in [5.74, 6) is 0.548. The van der Waals surface area contributed by atoms with Crippen LogP contribution in [-0.2, 0) is 21.2 Å². The van der Waals surface area contributed by atoms with Crippen molar-refractivity contribution in [3.8, 4) is 0 Å². The molecule has 2 saturated carbocycles. The second-order valence-corrected chi connectivity index (χ2v) is 8.50. The summed E-state index contributed by atoms with van der Waals surface area (Å²) in [6, 6.07) is 6.95. The van der Waals surface area contributed by atoms with E-state index in [4.69, 9.17) is 5.73 Å². The highest BCUT2D eigenvalue weighted by Crippen LogP contribution is 2.32. The number of hydrogen-bond donors (Lipinski definition) is 3. The van der Waals surface area contributed by atoms with E-state index in [1.54, 1.807) is 24.3 Å². The van der Waals surface area contributed by atoms with Gasteiger partial charge in [0.15, 0.2) is 0 Å². The second-order valence-electron chi connectivity index (χ2n) is 6.79. The molecular weight excluding hydrogens is 326 g/mol. The molecule has 0 saturated heterocycles. The van der Waals surface area contributed by atoms with E-state index in [1.165, 1.54) is 0 Å². The SMILES string of the molecule is NCC(NC(=O)CCc1ccc(S(=O)(=O)NC2CC2)cc1)C1CC1. The van der Waals surface area contributed by atoms with Gasteiger partial charge in [-0.3, -0.25) is 4.79 Å². The third-order valence-electron chi connectivity index (χ3n) is 4.56. The topological polar surface area (TPSA) is 101 Å². The number of nitrogens with one attached hydrogen (secondary N) is 2. The molecule has 132 valence electrons. The van der Waals surface area contributed by atoms with Crippen LogP contribution in [0.1, 0.15) is 37.7 Å². The first-order chi connectivity index (χ1) is 11.5. The Morgan fingerprint density at radius 1 is 1.17 bits per heavy atom. The van der Waals surface area contributed by atoms with Crippen molar-refractivity contribution in [2.75, 3.05) is 6.54 Å². The molecule has 0 spiro atoms. The van der Waals surface area contributed by atoms with Gasteiger partial charge in [0.05, 0.1) is 4.90 Å². The highest BCUT2D eigenvalue weighted by Gasteiger charge is 2.31. The van der Waals surface area contributed by atoms with Crippen LogP contribution in [0.2, 0.25) is 0 Å². The van der Waals surface area contributed by atoms with Crippen molar-refractivity contribution in [2.24, 2.45) is 11.7 Å². The molecule has 2 aliphatic rings. The fraction of sp³-hybridized carbons (Fsp3) is 0.588. The van der Waals surface area contributed by atoms with Gasteiger partial charge in [0, 0.05) is 25.0 Å². The first-order valence-electron chi connectivity index (χ1n) is 8.58. The summed E-state index contributed by atoms with van der Waals surface area (Å²) in [6.45, 7) is 0.483. The van der Waals surface area contributed by atoms with Gasteiger partial charge in [-0.1, -0.05) is 12.1 Å². The number of carbonyl (C=O) groups excluding carboxylic acids is 1. The number of nitrogens with two attached hydrogens (primary N) is 1. The van der Waals surface area contributed by atoms with Crippen LogP contribution in [-0.4, -0.2) is 33.0 Å². The van der Waals surface area contributed by atoms with Crippen molar-refractivity contribution in [1.29, 1.82) is 0 Å². The molecular formula is C17H25N3O3S. The lowest BCUT2D eigenvalue weighted by Gasteiger charge is -2.15. The maximum Gasteiger partial charge on any atom is 0.240 e. The minimum Gasteiger partial charge on any atom is -0.352 e. The molecule has 6 nitrogen and oxygen atoms in total. The molecule has 0 aromatic heterocycles. The molecule has 2 fully saturated rings. The Bertz CT molecular complexity index is 680. The number of rotatable bonds is 9. The maximum atomic E-state index is 12.1. The van der Waals surface area contributed by atoms with Gasteiger partial charge >= 0.3 is 0 Å². The highest BCUT2D eigenvalue weighted by molar-refractivity contribution is 7.89. The summed E-state index contributed by atoms with van der Waals surface area (Å²) in [7, 11) is -3.41. The Hall–Kier alpha value is -1.44. The summed E-state index contributed by atoms with van der Waals surface area (Å²) in [4.78, 5) is 12.3. The molecule has 1 atom stereocenters. The summed E-state index contributed by atoms with van der Waals surface area (Å²) in [5, 5.41) is 2.99. The van der Waals surface area contributed by atoms with Crippen molar-refractivity contribution in [1.82, 2.24) is 10.0 Å². The highest BCUT2D eigenvalue weighted by atomic mass is 32.2. The summed E-state index contributed by atoms with van der Waals surface area (Å²) < 4.78 is 26.9. The Morgan fingerprint density at radius 2 is 1.83 bits per heavy atom. The van der Waals surface area contributed by atoms with E-state index in [0.717, 1.165) is 31.2 Å². The lowest BCUT2D eigenvalue weighted by Crippen LogP contribution is -2.41. The summed E-state index contributed by atoms with van der Waals surface area (Å²) in [6.07, 6.45) is 5.09. The number of carbonyl (C=O) groups is 1. The third kappa shape index (κ3) is 4.78. The minimum absolute atomic E-state index is 0.00412. The van der Waals surface area contributed by atoms with E-state index < -0.39 is 10.0 Å². The number of sulfonamides is 1. The quantitative estimate of drug-likeness (QED) is 0.615. The maximum absolute atomic E-state index is 12.1. The Kier molecular flexibility index (Phi) is 5.22. The van der Waals surface area contributed by atoms with Gasteiger partial charge in [-0.2, -0.15) is 0 Å².